The molecule has 0 fully saturated rings. The van der Waals surface area contributed by atoms with Crippen molar-refractivity contribution in [2.45, 2.75) is 0 Å². The van der Waals surface area contributed by atoms with Crippen LogP contribution in [0.15, 0.2) is 0 Å². The van der Waals surface area contributed by atoms with Crippen LogP contribution in [0, 0.1) is 0 Å². The van der Waals surface area contributed by atoms with Gasteiger partial charge in [-0.1, -0.05) is 0 Å². The van der Waals surface area contributed by atoms with E-state index < -0.39 is 6.57 Å². The fourth-order valence-corrected chi connectivity index (χ4v) is 1.89. The maximum Gasteiger partial charge on any atom is 0.193 e. The van der Waals surface area contributed by atoms with Crippen LogP contribution in [0.4, 0.5) is 0 Å². The molecule has 4 N–H and O–H groups in total. The van der Waals surface area contributed by atoms with E-state index in [-0.39, 0.29) is 0 Å². The molecule has 0 aromatic carbocycles. The van der Waals surface area contributed by atoms with Crippen LogP contribution in [-0.4, -0.2) is 17.0 Å². The fourth-order valence-electron chi connectivity index (χ4n) is 0.157. The minimum atomic E-state index is -2.62. The van der Waals surface area contributed by atoms with Crippen LogP contribution in [0.2, 0.25) is 0 Å². The summed E-state index contributed by atoms with van der Waals surface area (Å²) < 4.78 is 0. The van der Waals surface area contributed by atoms with Crippen LogP contribution in [0.5, 0.6) is 0 Å². The zero-order valence-corrected chi connectivity index (χ0v) is 7.02. The summed E-state index contributed by atoms with van der Waals surface area (Å²) in [6.45, 7) is -2.62. The Morgan fingerprint density at radius 2 is 2.50 bits per heavy atom. The third kappa shape index (κ3) is 6.88. The number of rotatable bonds is 3. The first-order valence-electron chi connectivity index (χ1n) is 1.91. The lowest BCUT2D eigenvalue weighted by molar-refractivity contribution is 0.611. The number of thioether (sulfide) groups is 1. The van der Waals surface area contributed by atoms with Gasteiger partial charge in [0.15, 0.2) is 6.57 Å². The number of nitrogens with two attached hydrogens (primary N) is 1. The summed E-state index contributed by atoms with van der Waals surface area (Å²) in [4.78, 5) is 8.73. The van der Waals surface area contributed by atoms with Gasteiger partial charge in [-0.05, 0) is 18.1 Å². The van der Waals surface area contributed by atoms with Gasteiger partial charge in [-0.3, -0.25) is 5.50 Å². The van der Waals surface area contributed by atoms with Crippen molar-refractivity contribution < 1.29 is 4.89 Å². The summed E-state index contributed by atoms with van der Waals surface area (Å²) in [7, 11) is 0. The third-order valence-electron chi connectivity index (χ3n) is 0.435. The second kappa shape index (κ2) is 3.82. The first kappa shape index (κ1) is 8.88. The maximum absolute atomic E-state index is 8.73. The van der Waals surface area contributed by atoms with E-state index in [9.17, 15) is 0 Å². The summed E-state index contributed by atoms with van der Waals surface area (Å²) in [5.41, 5.74) is 5.08. The second-order valence-corrected chi connectivity index (χ2v) is 5.31. The number of nitrogens with one attached hydrogen (secondary N) is 1. The lowest BCUT2D eigenvalue weighted by Gasteiger charge is -2.07. The van der Waals surface area contributed by atoms with Crippen LogP contribution in [-0.2, 0) is 11.8 Å². The topological polar surface area (TPSA) is 58.3 Å². The third-order valence-corrected chi connectivity index (χ3v) is 2.08. The highest BCUT2D eigenvalue weighted by Crippen LogP contribution is 2.23. The van der Waals surface area contributed by atoms with E-state index in [0.29, 0.717) is 5.88 Å². The Labute approximate surface area is 58.2 Å². The van der Waals surface area contributed by atoms with E-state index in [1.54, 1.807) is 0 Å². The minimum absolute atomic E-state index is 0.615. The van der Waals surface area contributed by atoms with Crippen molar-refractivity contribution in [3.8, 4) is 0 Å². The van der Waals surface area contributed by atoms with Crippen LogP contribution in [0.1, 0.15) is 0 Å². The van der Waals surface area contributed by atoms with Gasteiger partial charge in [0.25, 0.3) is 0 Å². The van der Waals surface area contributed by atoms with Gasteiger partial charge in [-0.15, -0.1) is 11.8 Å². The predicted molar refractivity (Wildman–Crippen MR) is 42.2 cm³/mol. The molecule has 0 rings (SSSR count). The van der Waals surface area contributed by atoms with Crippen LogP contribution in [0.3, 0.4) is 0 Å². The van der Waals surface area contributed by atoms with E-state index in [2.05, 4.69) is 16.9 Å². The van der Waals surface area contributed by atoms with Crippen molar-refractivity contribution in [3.63, 3.8) is 0 Å². The van der Waals surface area contributed by atoms with E-state index >= 15 is 0 Å². The Balaban J connectivity index is 3.26. The molecule has 1 atom stereocenters. The summed E-state index contributed by atoms with van der Waals surface area (Å²) in [5.74, 6) is 0.615. The molecule has 0 aliphatic rings. The molecule has 1 unspecified atom stereocenters. The molecular weight excluding hydrogens is 163 g/mol. The standard InChI is InChI=1S/C2H9N2OPS2/c1-8-2-4-6(3,5)7/h2H2,1H3,(H4,3,4,5,7). The molecule has 0 bridgehead atoms. The molecule has 3 nitrogen and oxygen atoms in total. The molecule has 0 aromatic rings. The number of hydrogen-bond donors (Lipinski definition) is 3. The van der Waals surface area contributed by atoms with Crippen molar-refractivity contribution in [2.24, 2.45) is 5.50 Å². The van der Waals surface area contributed by atoms with Crippen molar-refractivity contribution >= 4 is 30.1 Å². The second-order valence-electron chi connectivity index (χ2n) is 1.21. The van der Waals surface area contributed by atoms with Crippen LogP contribution in [0.25, 0.3) is 0 Å². The Morgan fingerprint density at radius 3 is 2.62 bits per heavy atom. The van der Waals surface area contributed by atoms with Gasteiger partial charge >= 0.3 is 0 Å². The maximum atomic E-state index is 8.73. The van der Waals surface area contributed by atoms with Gasteiger partial charge in [0, 0.05) is 5.88 Å². The normalized spacial score (nSPS) is 17.9. The highest BCUT2D eigenvalue weighted by Gasteiger charge is 1.99. The monoisotopic (exact) mass is 172 g/mol. The van der Waals surface area contributed by atoms with Gasteiger partial charge in [0.05, 0.1) is 0 Å². The average Bonchev–Trinajstić information content (AvgIpc) is 1.59. The molecular formula is C2H9N2OPS2. The summed E-state index contributed by atoms with van der Waals surface area (Å²) in [5, 5.41) is 2.59. The quantitative estimate of drug-likeness (QED) is 0.415. The zero-order valence-electron chi connectivity index (χ0n) is 4.50. The largest absolute Gasteiger partial charge is 0.343 e. The molecule has 0 saturated heterocycles. The van der Waals surface area contributed by atoms with Gasteiger partial charge in [0.2, 0.25) is 0 Å². The van der Waals surface area contributed by atoms with Crippen molar-refractivity contribution in [1.82, 2.24) is 5.09 Å². The van der Waals surface area contributed by atoms with E-state index in [1.165, 1.54) is 11.8 Å². The van der Waals surface area contributed by atoms with E-state index in [1.807, 2.05) is 6.26 Å². The number of hydrogen-bond acceptors (Lipinski definition) is 2. The SMILES string of the molecule is CSCNP(N)(O)=S. The average molecular weight is 172 g/mol. The molecule has 0 spiro atoms. The lowest BCUT2D eigenvalue weighted by atomic mass is 11.5. The van der Waals surface area contributed by atoms with Gasteiger partial charge < -0.3 is 4.89 Å². The molecule has 0 saturated carbocycles. The highest BCUT2D eigenvalue weighted by atomic mass is 32.4. The molecule has 8 heavy (non-hydrogen) atoms. The van der Waals surface area contributed by atoms with Crippen molar-refractivity contribution in [2.75, 3.05) is 12.1 Å². The van der Waals surface area contributed by atoms with Crippen LogP contribution < -0.4 is 10.6 Å². The van der Waals surface area contributed by atoms with Gasteiger partial charge in [-0.2, -0.15) is 0 Å². The Kier molecular flexibility index (Phi) is 4.24. The summed E-state index contributed by atoms with van der Waals surface area (Å²) >= 11 is 6.01. The Morgan fingerprint density at radius 1 is 2.00 bits per heavy atom. The summed E-state index contributed by atoms with van der Waals surface area (Å²) in [6.07, 6.45) is 1.90. The molecule has 0 aliphatic heterocycles. The van der Waals surface area contributed by atoms with Crippen LogP contribution >= 0.6 is 18.3 Å². The van der Waals surface area contributed by atoms with Crippen molar-refractivity contribution in [1.29, 1.82) is 0 Å². The predicted octanol–water partition coefficient (Wildman–Crippen LogP) is 0.0720. The highest BCUT2D eigenvalue weighted by molar-refractivity contribution is 8.10. The fraction of sp³-hybridized carbons (Fsp3) is 1.00. The van der Waals surface area contributed by atoms with Gasteiger partial charge in [0.1, 0.15) is 0 Å². The van der Waals surface area contributed by atoms with E-state index in [0.717, 1.165) is 0 Å². The molecule has 0 amide bonds. The smallest absolute Gasteiger partial charge is 0.193 e. The zero-order chi connectivity index (χ0) is 6.62. The molecule has 6 heteroatoms. The molecule has 50 valence electrons. The Bertz CT molecular complexity index is 102. The molecule has 0 radical (unpaired) electrons. The first-order valence-corrected chi connectivity index (χ1v) is 6.13. The minimum Gasteiger partial charge on any atom is -0.343 e. The lowest BCUT2D eigenvalue weighted by Crippen LogP contribution is -2.13. The molecule has 0 aromatic heterocycles. The van der Waals surface area contributed by atoms with Gasteiger partial charge in [-0.25, -0.2) is 5.09 Å². The Hall–Kier alpha value is 0.880. The van der Waals surface area contributed by atoms with Crippen molar-refractivity contribution in [3.05, 3.63) is 0 Å². The van der Waals surface area contributed by atoms with E-state index in [4.69, 9.17) is 10.4 Å². The first-order chi connectivity index (χ1) is 3.56. The summed E-state index contributed by atoms with van der Waals surface area (Å²) in [6, 6.07) is 0. The molecule has 0 heterocycles. The molecule has 0 aliphatic carbocycles.